The van der Waals surface area contributed by atoms with Gasteiger partial charge in [-0.2, -0.15) is 0 Å². The number of hydrogen-bond donors (Lipinski definition) is 1. The molecule has 1 saturated heterocycles. The summed E-state index contributed by atoms with van der Waals surface area (Å²) in [5, 5.41) is 3.54. The maximum atomic E-state index is 13.7. The van der Waals surface area contributed by atoms with E-state index in [4.69, 9.17) is 9.73 Å². The maximum Gasteiger partial charge on any atom is 0.267 e. The molecule has 1 aliphatic heterocycles. The summed E-state index contributed by atoms with van der Waals surface area (Å²) >= 11 is 1.47. The number of carbonyl (C=O) groups excluding carboxylic acids is 2. The predicted molar refractivity (Wildman–Crippen MR) is 151 cm³/mol. The standard InChI is InChI=1S/C30H34FN3O3S/c31-22-15-17-24(18-16-22)32-28(35)20-37-26-14-8-7-9-21(26)19-27-29(36)34(25-12-5-2-6-13-25)30(38-27)33-23-10-3-1-4-11-23/h7-9,14-19,23,25H,1-6,10-13,20H2,(H,32,35). The van der Waals surface area contributed by atoms with Crippen molar-refractivity contribution >= 4 is 40.5 Å². The minimum Gasteiger partial charge on any atom is -0.483 e. The molecule has 0 atom stereocenters. The van der Waals surface area contributed by atoms with Crippen LogP contribution in [0.3, 0.4) is 0 Å². The highest BCUT2D eigenvalue weighted by molar-refractivity contribution is 8.18. The minimum atomic E-state index is -0.366. The molecule has 5 rings (SSSR count). The second-order valence-corrected chi connectivity index (χ2v) is 11.2. The zero-order valence-electron chi connectivity index (χ0n) is 21.5. The molecule has 0 aromatic heterocycles. The Morgan fingerprint density at radius 2 is 1.68 bits per heavy atom. The first-order chi connectivity index (χ1) is 18.6. The van der Waals surface area contributed by atoms with Gasteiger partial charge in [0, 0.05) is 17.3 Å². The third-order valence-electron chi connectivity index (χ3n) is 7.34. The number of amides is 2. The largest absolute Gasteiger partial charge is 0.483 e. The third kappa shape index (κ3) is 6.65. The van der Waals surface area contributed by atoms with Crippen molar-refractivity contribution in [1.82, 2.24) is 4.90 Å². The molecule has 1 heterocycles. The number of rotatable bonds is 7. The van der Waals surface area contributed by atoms with Crippen LogP contribution in [-0.2, 0) is 9.59 Å². The van der Waals surface area contributed by atoms with E-state index < -0.39 is 0 Å². The number of anilines is 1. The molecule has 38 heavy (non-hydrogen) atoms. The van der Waals surface area contributed by atoms with Crippen molar-refractivity contribution in [2.24, 2.45) is 4.99 Å². The van der Waals surface area contributed by atoms with Crippen LogP contribution in [0.1, 0.15) is 69.8 Å². The molecule has 2 saturated carbocycles. The highest BCUT2D eigenvalue weighted by atomic mass is 32.2. The zero-order chi connectivity index (χ0) is 26.3. The van der Waals surface area contributed by atoms with Crippen LogP contribution in [0.25, 0.3) is 6.08 Å². The first-order valence-electron chi connectivity index (χ1n) is 13.6. The molecule has 200 valence electrons. The normalized spacial score (nSPS) is 21.3. The third-order valence-corrected chi connectivity index (χ3v) is 8.33. The lowest BCUT2D eigenvalue weighted by molar-refractivity contribution is -0.124. The summed E-state index contributed by atoms with van der Waals surface area (Å²) in [5.41, 5.74) is 1.23. The van der Waals surface area contributed by atoms with Gasteiger partial charge >= 0.3 is 0 Å². The topological polar surface area (TPSA) is 71.0 Å². The fourth-order valence-electron chi connectivity index (χ4n) is 5.35. The molecule has 2 aromatic carbocycles. The smallest absolute Gasteiger partial charge is 0.267 e. The van der Waals surface area contributed by atoms with Gasteiger partial charge in [-0.15, -0.1) is 0 Å². The number of para-hydroxylation sites is 1. The van der Waals surface area contributed by atoms with Crippen LogP contribution in [-0.4, -0.2) is 40.6 Å². The van der Waals surface area contributed by atoms with Gasteiger partial charge in [0.25, 0.3) is 11.8 Å². The second-order valence-electron chi connectivity index (χ2n) is 10.2. The SMILES string of the molecule is O=C(COc1ccccc1C=C1SC(=NC2CCCCC2)N(C2CCCCC2)C1=O)Nc1ccc(F)cc1. The summed E-state index contributed by atoms with van der Waals surface area (Å²) < 4.78 is 19.0. The Kier molecular flexibility index (Phi) is 8.79. The molecule has 2 amide bonds. The second kappa shape index (κ2) is 12.6. The predicted octanol–water partition coefficient (Wildman–Crippen LogP) is 6.78. The van der Waals surface area contributed by atoms with Crippen LogP contribution < -0.4 is 10.1 Å². The molecular formula is C30H34FN3O3S. The molecule has 3 aliphatic rings. The number of amidine groups is 1. The minimum absolute atomic E-state index is 0.0142. The number of ether oxygens (including phenoxy) is 1. The number of benzene rings is 2. The first-order valence-corrected chi connectivity index (χ1v) is 14.5. The average molecular weight is 536 g/mol. The van der Waals surface area contributed by atoms with Crippen LogP contribution >= 0.6 is 11.8 Å². The van der Waals surface area contributed by atoms with Gasteiger partial charge in [0.05, 0.1) is 10.9 Å². The van der Waals surface area contributed by atoms with Gasteiger partial charge < -0.3 is 10.1 Å². The van der Waals surface area contributed by atoms with Crippen molar-refractivity contribution in [3.8, 4) is 5.75 Å². The van der Waals surface area contributed by atoms with Crippen LogP contribution in [0.2, 0.25) is 0 Å². The lowest BCUT2D eigenvalue weighted by Crippen LogP contribution is -2.41. The highest BCUT2D eigenvalue weighted by Crippen LogP contribution is 2.39. The summed E-state index contributed by atoms with van der Waals surface area (Å²) in [7, 11) is 0. The molecule has 8 heteroatoms. The Hall–Kier alpha value is -3.13. The van der Waals surface area contributed by atoms with E-state index in [1.807, 2.05) is 29.2 Å². The molecule has 3 fully saturated rings. The van der Waals surface area contributed by atoms with E-state index in [0.717, 1.165) is 49.3 Å². The number of hydrogen-bond acceptors (Lipinski definition) is 5. The molecule has 0 unspecified atom stereocenters. The molecular weight excluding hydrogens is 501 g/mol. The van der Waals surface area contributed by atoms with E-state index in [1.54, 1.807) is 6.07 Å². The Labute approximate surface area is 227 Å². The lowest BCUT2D eigenvalue weighted by atomic mass is 9.94. The number of halogens is 1. The lowest BCUT2D eigenvalue weighted by Gasteiger charge is -2.31. The maximum absolute atomic E-state index is 13.7. The average Bonchev–Trinajstić information content (AvgIpc) is 3.24. The van der Waals surface area contributed by atoms with Gasteiger partial charge in [-0.25, -0.2) is 4.39 Å². The highest BCUT2D eigenvalue weighted by Gasteiger charge is 2.39. The fraction of sp³-hybridized carbons (Fsp3) is 0.433. The Morgan fingerprint density at radius 1 is 1.00 bits per heavy atom. The van der Waals surface area contributed by atoms with E-state index in [1.165, 1.54) is 61.7 Å². The summed E-state index contributed by atoms with van der Waals surface area (Å²) in [6.45, 7) is -0.207. The molecule has 1 N–H and O–H groups in total. The molecule has 2 aliphatic carbocycles. The van der Waals surface area contributed by atoms with Crippen molar-refractivity contribution in [3.05, 3.63) is 64.8 Å². The summed E-state index contributed by atoms with van der Waals surface area (Å²) in [6.07, 6.45) is 13.3. The van der Waals surface area contributed by atoms with Gasteiger partial charge in [-0.3, -0.25) is 19.5 Å². The van der Waals surface area contributed by atoms with E-state index in [-0.39, 0.29) is 30.3 Å². The van der Waals surface area contributed by atoms with Crippen LogP contribution in [0.5, 0.6) is 5.75 Å². The van der Waals surface area contributed by atoms with E-state index in [0.29, 0.717) is 22.4 Å². The Bertz CT molecular complexity index is 1200. The van der Waals surface area contributed by atoms with E-state index in [9.17, 15) is 14.0 Å². The quantitative estimate of drug-likeness (QED) is 0.397. The molecule has 6 nitrogen and oxygen atoms in total. The van der Waals surface area contributed by atoms with Crippen molar-refractivity contribution in [3.63, 3.8) is 0 Å². The summed E-state index contributed by atoms with van der Waals surface area (Å²) in [5.74, 6) is -0.185. The van der Waals surface area contributed by atoms with E-state index in [2.05, 4.69) is 5.32 Å². The fourth-order valence-corrected chi connectivity index (χ4v) is 6.45. The van der Waals surface area contributed by atoms with Crippen molar-refractivity contribution < 1.29 is 18.7 Å². The number of nitrogens with zero attached hydrogens (tertiary/aromatic N) is 2. The first kappa shape index (κ1) is 26.5. The molecule has 0 radical (unpaired) electrons. The van der Waals surface area contributed by atoms with Gasteiger partial charge in [0.15, 0.2) is 11.8 Å². The van der Waals surface area contributed by atoms with E-state index >= 15 is 0 Å². The van der Waals surface area contributed by atoms with Crippen molar-refractivity contribution in [1.29, 1.82) is 0 Å². The van der Waals surface area contributed by atoms with Gasteiger partial charge in [-0.05, 0) is 73.9 Å². The van der Waals surface area contributed by atoms with Gasteiger partial charge in [0.2, 0.25) is 0 Å². The van der Waals surface area contributed by atoms with Crippen molar-refractivity contribution in [2.75, 3.05) is 11.9 Å². The number of thioether (sulfide) groups is 1. The molecule has 2 aromatic rings. The van der Waals surface area contributed by atoms with Gasteiger partial charge in [-0.1, -0.05) is 56.7 Å². The molecule has 0 bridgehead atoms. The Balaban J connectivity index is 1.32. The number of nitrogens with one attached hydrogen (secondary N) is 1. The van der Waals surface area contributed by atoms with Crippen LogP contribution in [0.4, 0.5) is 10.1 Å². The zero-order valence-corrected chi connectivity index (χ0v) is 22.4. The van der Waals surface area contributed by atoms with Crippen molar-refractivity contribution in [2.45, 2.75) is 76.3 Å². The van der Waals surface area contributed by atoms with Gasteiger partial charge in [0.1, 0.15) is 11.6 Å². The Morgan fingerprint density at radius 3 is 2.42 bits per heavy atom. The summed E-state index contributed by atoms with van der Waals surface area (Å²) in [6, 6.07) is 13.5. The summed E-state index contributed by atoms with van der Waals surface area (Å²) in [4.78, 5) is 33.8. The number of carbonyl (C=O) groups is 2. The van der Waals surface area contributed by atoms with Crippen LogP contribution in [0.15, 0.2) is 58.4 Å². The monoisotopic (exact) mass is 535 g/mol. The molecule has 0 spiro atoms. The number of aliphatic imine (C=N–C) groups is 1. The van der Waals surface area contributed by atoms with Crippen LogP contribution in [0, 0.1) is 5.82 Å².